The quantitative estimate of drug-likeness (QED) is 0.839. The SMILES string of the molecule is C=CC(C)NC(=O)c1ccc(C)c(Br)c1. The van der Waals surface area contributed by atoms with Crippen LogP contribution in [0.15, 0.2) is 35.3 Å². The van der Waals surface area contributed by atoms with E-state index in [1.54, 1.807) is 6.08 Å². The van der Waals surface area contributed by atoms with E-state index in [1.165, 1.54) is 0 Å². The molecule has 0 aliphatic heterocycles. The zero-order valence-electron chi connectivity index (χ0n) is 8.88. The molecule has 0 spiro atoms. The molecule has 0 aromatic heterocycles. The van der Waals surface area contributed by atoms with Crippen LogP contribution in [-0.2, 0) is 0 Å². The fourth-order valence-electron chi connectivity index (χ4n) is 1.08. The zero-order chi connectivity index (χ0) is 11.4. The van der Waals surface area contributed by atoms with Crippen molar-refractivity contribution in [1.82, 2.24) is 5.32 Å². The van der Waals surface area contributed by atoms with Crippen LogP contribution < -0.4 is 5.32 Å². The summed E-state index contributed by atoms with van der Waals surface area (Å²) in [5, 5.41) is 2.81. The van der Waals surface area contributed by atoms with Crippen LogP contribution in [0.2, 0.25) is 0 Å². The van der Waals surface area contributed by atoms with Gasteiger partial charge in [0.1, 0.15) is 0 Å². The molecular formula is C12H14BrNO. The number of rotatable bonds is 3. The Hall–Kier alpha value is -1.09. The highest BCUT2D eigenvalue weighted by Gasteiger charge is 2.08. The number of halogens is 1. The largest absolute Gasteiger partial charge is 0.346 e. The van der Waals surface area contributed by atoms with Crippen molar-refractivity contribution in [2.45, 2.75) is 19.9 Å². The van der Waals surface area contributed by atoms with Crippen molar-refractivity contribution in [3.8, 4) is 0 Å². The molecule has 1 atom stereocenters. The minimum atomic E-state index is -0.0805. The van der Waals surface area contributed by atoms with Crippen molar-refractivity contribution in [3.63, 3.8) is 0 Å². The van der Waals surface area contributed by atoms with Crippen molar-refractivity contribution in [2.24, 2.45) is 0 Å². The lowest BCUT2D eigenvalue weighted by Gasteiger charge is -2.09. The smallest absolute Gasteiger partial charge is 0.251 e. The van der Waals surface area contributed by atoms with Crippen LogP contribution in [0.4, 0.5) is 0 Å². The second kappa shape index (κ2) is 5.12. The van der Waals surface area contributed by atoms with E-state index in [2.05, 4.69) is 27.8 Å². The summed E-state index contributed by atoms with van der Waals surface area (Å²) in [5.41, 5.74) is 1.77. The van der Waals surface area contributed by atoms with Crippen LogP contribution in [-0.4, -0.2) is 11.9 Å². The average Bonchev–Trinajstić information content (AvgIpc) is 2.21. The summed E-state index contributed by atoms with van der Waals surface area (Å²) < 4.78 is 0.946. The van der Waals surface area contributed by atoms with Crippen molar-refractivity contribution >= 4 is 21.8 Å². The lowest BCUT2D eigenvalue weighted by molar-refractivity contribution is 0.0947. The molecule has 0 saturated carbocycles. The molecule has 1 unspecified atom stereocenters. The van der Waals surface area contributed by atoms with Gasteiger partial charge in [-0.1, -0.05) is 28.1 Å². The van der Waals surface area contributed by atoms with Gasteiger partial charge in [0.2, 0.25) is 0 Å². The Morgan fingerprint density at radius 2 is 2.27 bits per heavy atom. The van der Waals surface area contributed by atoms with Crippen molar-refractivity contribution in [2.75, 3.05) is 0 Å². The molecule has 0 heterocycles. The number of carbonyl (C=O) groups excluding carboxylic acids is 1. The highest BCUT2D eigenvalue weighted by atomic mass is 79.9. The topological polar surface area (TPSA) is 29.1 Å². The first-order valence-corrected chi connectivity index (χ1v) is 5.53. The number of benzene rings is 1. The predicted molar refractivity (Wildman–Crippen MR) is 66.0 cm³/mol. The Balaban J connectivity index is 2.83. The zero-order valence-corrected chi connectivity index (χ0v) is 10.5. The summed E-state index contributed by atoms with van der Waals surface area (Å²) in [7, 11) is 0. The van der Waals surface area contributed by atoms with Crippen LogP contribution in [0.5, 0.6) is 0 Å². The van der Waals surface area contributed by atoms with Crippen LogP contribution in [0.25, 0.3) is 0 Å². The van der Waals surface area contributed by atoms with E-state index in [0.717, 1.165) is 10.0 Å². The summed E-state index contributed by atoms with van der Waals surface area (Å²) in [6, 6.07) is 5.53. The molecule has 0 aliphatic carbocycles. The maximum Gasteiger partial charge on any atom is 0.251 e. The molecule has 1 aromatic rings. The van der Waals surface area contributed by atoms with Crippen LogP contribution in [0.1, 0.15) is 22.8 Å². The lowest BCUT2D eigenvalue weighted by atomic mass is 10.1. The van der Waals surface area contributed by atoms with Gasteiger partial charge in [-0.15, -0.1) is 6.58 Å². The van der Waals surface area contributed by atoms with Gasteiger partial charge >= 0.3 is 0 Å². The van der Waals surface area contributed by atoms with Gasteiger partial charge in [0.25, 0.3) is 5.91 Å². The first-order valence-electron chi connectivity index (χ1n) is 4.74. The Bertz CT molecular complexity index is 387. The fraction of sp³-hybridized carbons (Fsp3) is 0.250. The standard InChI is InChI=1S/C12H14BrNO/c1-4-9(3)14-12(15)10-6-5-8(2)11(13)7-10/h4-7,9H,1H2,2-3H3,(H,14,15). The molecule has 0 aliphatic rings. The molecule has 1 amide bonds. The highest BCUT2D eigenvalue weighted by Crippen LogP contribution is 2.17. The Morgan fingerprint density at radius 1 is 1.60 bits per heavy atom. The maximum atomic E-state index is 11.7. The van der Waals surface area contributed by atoms with E-state index in [4.69, 9.17) is 0 Å². The maximum absolute atomic E-state index is 11.7. The molecule has 80 valence electrons. The molecule has 2 nitrogen and oxygen atoms in total. The first-order chi connectivity index (χ1) is 7.04. The molecule has 1 aromatic carbocycles. The summed E-state index contributed by atoms with van der Waals surface area (Å²) in [6.07, 6.45) is 1.70. The van der Waals surface area contributed by atoms with Crippen LogP contribution >= 0.6 is 15.9 Å². The molecule has 0 saturated heterocycles. The molecule has 15 heavy (non-hydrogen) atoms. The number of hydrogen-bond acceptors (Lipinski definition) is 1. The third-order valence-corrected chi connectivity index (χ3v) is 3.00. The van der Waals surface area contributed by atoms with Crippen LogP contribution in [0, 0.1) is 6.92 Å². The average molecular weight is 268 g/mol. The summed E-state index contributed by atoms with van der Waals surface area (Å²) in [6.45, 7) is 7.48. The van der Waals surface area contributed by atoms with E-state index >= 15 is 0 Å². The van der Waals surface area contributed by atoms with E-state index in [-0.39, 0.29) is 11.9 Å². The van der Waals surface area contributed by atoms with E-state index in [0.29, 0.717) is 5.56 Å². The molecule has 0 bridgehead atoms. The van der Waals surface area contributed by atoms with E-state index < -0.39 is 0 Å². The van der Waals surface area contributed by atoms with Gasteiger partial charge in [0, 0.05) is 16.1 Å². The monoisotopic (exact) mass is 267 g/mol. The van der Waals surface area contributed by atoms with Gasteiger partial charge in [0.05, 0.1) is 0 Å². The normalized spacial score (nSPS) is 11.9. The number of amides is 1. The van der Waals surface area contributed by atoms with Gasteiger partial charge in [-0.25, -0.2) is 0 Å². The Labute approximate surface area is 98.5 Å². The minimum Gasteiger partial charge on any atom is -0.346 e. The first kappa shape index (κ1) is 12.0. The fourth-order valence-corrected chi connectivity index (χ4v) is 1.46. The van der Waals surface area contributed by atoms with E-state index in [1.807, 2.05) is 32.0 Å². The summed E-state index contributed by atoms with van der Waals surface area (Å²) in [5.74, 6) is -0.0805. The summed E-state index contributed by atoms with van der Waals surface area (Å²) >= 11 is 3.40. The number of carbonyl (C=O) groups is 1. The second-order valence-corrected chi connectivity index (χ2v) is 4.32. The number of hydrogen-bond donors (Lipinski definition) is 1. The number of nitrogens with one attached hydrogen (secondary N) is 1. The highest BCUT2D eigenvalue weighted by molar-refractivity contribution is 9.10. The lowest BCUT2D eigenvalue weighted by Crippen LogP contribution is -2.30. The van der Waals surface area contributed by atoms with Gasteiger partial charge in [-0.2, -0.15) is 0 Å². The minimum absolute atomic E-state index is 0.0161. The van der Waals surface area contributed by atoms with Crippen molar-refractivity contribution in [3.05, 3.63) is 46.5 Å². The third kappa shape index (κ3) is 3.20. The van der Waals surface area contributed by atoms with Crippen molar-refractivity contribution < 1.29 is 4.79 Å². The molecule has 0 fully saturated rings. The molecule has 0 radical (unpaired) electrons. The van der Waals surface area contributed by atoms with Gasteiger partial charge < -0.3 is 5.32 Å². The van der Waals surface area contributed by atoms with Gasteiger partial charge in [-0.05, 0) is 31.5 Å². The van der Waals surface area contributed by atoms with Gasteiger partial charge in [0.15, 0.2) is 0 Å². The van der Waals surface area contributed by atoms with Crippen molar-refractivity contribution in [1.29, 1.82) is 0 Å². The van der Waals surface area contributed by atoms with Crippen LogP contribution in [0.3, 0.4) is 0 Å². The predicted octanol–water partition coefficient (Wildman–Crippen LogP) is 3.06. The molecule has 1 rings (SSSR count). The van der Waals surface area contributed by atoms with E-state index in [9.17, 15) is 4.79 Å². The van der Waals surface area contributed by atoms with Gasteiger partial charge in [-0.3, -0.25) is 4.79 Å². The number of aryl methyl sites for hydroxylation is 1. The Morgan fingerprint density at radius 3 is 2.80 bits per heavy atom. The summed E-state index contributed by atoms with van der Waals surface area (Å²) in [4.78, 5) is 11.7. The molecule has 3 heteroatoms. The Kier molecular flexibility index (Phi) is 4.09. The molecule has 1 N–H and O–H groups in total. The second-order valence-electron chi connectivity index (χ2n) is 3.46. The third-order valence-electron chi connectivity index (χ3n) is 2.15. The molecular weight excluding hydrogens is 254 g/mol.